The summed E-state index contributed by atoms with van der Waals surface area (Å²) in [6.07, 6.45) is 6.53. The van der Waals surface area contributed by atoms with Crippen LogP contribution in [0.2, 0.25) is 0 Å². The zero-order valence-electron chi connectivity index (χ0n) is 11.9. The molecule has 0 spiro atoms. The van der Waals surface area contributed by atoms with Crippen molar-refractivity contribution in [1.82, 2.24) is 15.0 Å². The van der Waals surface area contributed by atoms with Gasteiger partial charge in [0.1, 0.15) is 16.3 Å². The maximum atomic E-state index is 6.23. The van der Waals surface area contributed by atoms with Crippen LogP contribution in [0.15, 0.2) is 18.3 Å². The van der Waals surface area contributed by atoms with Crippen LogP contribution in [-0.2, 0) is 12.8 Å². The second-order valence-corrected chi connectivity index (χ2v) is 6.63. The Morgan fingerprint density at radius 3 is 2.90 bits per heavy atom. The SMILES string of the molecule is Cc1ccnc(-c2nc(N)c3c4c(sc3n2)CCCC4)c1. The van der Waals surface area contributed by atoms with Crippen LogP contribution in [0.25, 0.3) is 21.7 Å². The number of thiophene rings is 1. The van der Waals surface area contributed by atoms with Gasteiger partial charge in [-0.3, -0.25) is 4.98 Å². The predicted octanol–water partition coefficient (Wildman–Crippen LogP) is 3.52. The third kappa shape index (κ3) is 2.08. The van der Waals surface area contributed by atoms with Crippen molar-refractivity contribution >= 4 is 27.4 Å². The highest BCUT2D eigenvalue weighted by atomic mass is 32.1. The van der Waals surface area contributed by atoms with E-state index >= 15 is 0 Å². The lowest BCUT2D eigenvalue weighted by molar-refractivity contribution is 0.700. The number of fused-ring (bicyclic) bond motifs is 3. The van der Waals surface area contributed by atoms with Crippen LogP contribution in [0.4, 0.5) is 5.82 Å². The fourth-order valence-electron chi connectivity index (χ4n) is 2.96. The van der Waals surface area contributed by atoms with Crippen LogP contribution in [0.1, 0.15) is 28.8 Å². The predicted molar refractivity (Wildman–Crippen MR) is 86.4 cm³/mol. The highest BCUT2D eigenvalue weighted by Gasteiger charge is 2.20. The summed E-state index contributed by atoms with van der Waals surface area (Å²) < 4.78 is 0. The number of rotatable bonds is 1. The van der Waals surface area contributed by atoms with E-state index in [-0.39, 0.29) is 0 Å². The number of nitrogens with zero attached hydrogens (tertiary/aromatic N) is 3. The number of hydrogen-bond acceptors (Lipinski definition) is 5. The number of aromatic nitrogens is 3. The molecule has 0 unspecified atom stereocenters. The Labute approximate surface area is 127 Å². The van der Waals surface area contributed by atoms with E-state index in [9.17, 15) is 0 Å². The molecular weight excluding hydrogens is 280 g/mol. The molecule has 0 aromatic carbocycles. The Kier molecular flexibility index (Phi) is 2.89. The smallest absolute Gasteiger partial charge is 0.181 e. The molecule has 4 nitrogen and oxygen atoms in total. The molecular formula is C16H16N4S. The van der Waals surface area contributed by atoms with Gasteiger partial charge in [-0.1, -0.05) is 0 Å². The average molecular weight is 296 g/mol. The normalized spacial score (nSPS) is 14.3. The zero-order valence-corrected chi connectivity index (χ0v) is 12.7. The minimum atomic E-state index is 0.595. The summed E-state index contributed by atoms with van der Waals surface area (Å²) in [4.78, 5) is 16.0. The first-order valence-corrected chi connectivity index (χ1v) is 8.05. The van der Waals surface area contributed by atoms with Gasteiger partial charge in [-0.05, 0) is 55.9 Å². The maximum Gasteiger partial charge on any atom is 0.181 e. The molecule has 106 valence electrons. The lowest BCUT2D eigenvalue weighted by Gasteiger charge is -2.10. The van der Waals surface area contributed by atoms with Gasteiger partial charge in [0.25, 0.3) is 0 Å². The summed E-state index contributed by atoms with van der Waals surface area (Å²) >= 11 is 1.77. The Hall–Kier alpha value is -2.01. The van der Waals surface area contributed by atoms with Crippen molar-refractivity contribution in [2.75, 3.05) is 5.73 Å². The standard InChI is InChI=1S/C16H16N4S/c1-9-6-7-18-11(8-9)15-19-14(17)13-10-4-2-3-5-12(10)21-16(13)20-15/h6-8H,2-5H2,1H3,(H2,17,19,20). The zero-order chi connectivity index (χ0) is 14.4. The van der Waals surface area contributed by atoms with E-state index in [0.717, 1.165) is 34.3 Å². The minimum Gasteiger partial charge on any atom is -0.383 e. The average Bonchev–Trinajstić information content (AvgIpc) is 2.86. The second kappa shape index (κ2) is 4.77. The highest BCUT2D eigenvalue weighted by molar-refractivity contribution is 7.19. The third-order valence-electron chi connectivity index (χ3n) is 3.99. The number of aryl methyl sites for hydroxylation is 3. The first-order chi connectivity index (χ1) is 10.2. The van der Waals surface area contributed by atoms with Crippen molar-refractivity contribution in [1.29, 1.82) is 0 Å². The van der Waals surface area contributed by atoms with Crippen molar-refractivity contribution < 1.29 is 0 Å². The molecule has 0 fully saturated rings. The summed E-state index contributed by atoms with van der Waals surface area (Å²) in [7, 11) is 0. The van der Waals surface area contributed by atoms with E-state index in [4.69, 9.17) is 10.7 Å². The van der Waals surface area contributed by atoms with E-state index in [0.29, 0.717) is 11.6 Å². The van der Waals surface area contributed by atoms with Gasteiger partial charge in [0, 0.05) is 11.1 Å². The molecule has 0 amide bonds. The first-order valence-electron chi connectivity index (χ1n) is 7.23. The molecule has 4 rings (SSSR count). The third-order valence-corrected chi connectivity index (χ3v) is 5.17. The van der Waals surface area contributed by atoms with Crippen LogP contribution in [-0.4, -0.2) is 15.0 Å². The summed E-state index contributed by atoms with van der Waals surface area (Å²) in [5.41, 5.74) is 9.54. The molecule has 0 saturated carbocycles. The van der Waals surface area contributed by atoms with Gasteiger partial charge in [0.05, 0.1) is 5.39 Å². The fourth-order valence-corrected chi connectivity index (χ4v) is 4.23. The van der Waals surface area contributed by atoms with Gasteiger partial charge < -0.3 is 5.73 Å². The molecule has 1 aliphatic rings. The molecule has 5 heteroatoms. The van der Waals surface area contributed by atoms with E-state index in [1.54, 1.807) is 17.5 Å². The topological polar surface area (TPSA) is 64.7 Å². The van der Waals surface area contributed by atoms with Crippen molar-refractivity contribution in [3.63, 3.8) is 0 Å². The summed E-state index contributed by atoms with van der Waals surface area (Å²) in [5, 5.41) is 1.08. The number of pyridine rings is 1. The molecule has 3 aromatic rings. The number of hydrogen-bond donors (Lipinski definition) is 1. The maximum absolute atomic E-state index is 6.23. The highest BCUT2D eigenvalue weighted by Crippen LogP contribution is 2.38. The Morgan fingerprint density at radius 1 is 1.19 bits per heavy atom. The van der Waals surface area contributed by atoms with E-state index < -0.39 is 0 Å². The Bertz CT molecular complexity index is 838. The largest absolute Gasteiger partial charge is 0.383 e. The second-order valence-electron chi connectivity index (χ2n) is 5.54. The summed E-state index contributed by atoms with van der Waals surface area (Å²) in [6, 6.07) is 3.96. The van der Waals surface area contributed by atoms with Gasteiger partial charge in [-0.15, -0.1) is 11.3 Å². The summed E-state index contributed by atoms with van der Waals surface area (Å²) in [5.74, 6) is 1.22. The van der Waals surface area contributed by atoms with Crippen LogP contribution in [0.3, 0.4) is 0 Å². The number of nitrogens with two attached hydrogens (primary N) is 1. The van der Waals surface area contributed by atoms with Gasteiger partial charge in [0.15, 0.2) is 5.82 Å². The monoisotopic (exact) mass is 296 g/mol. The Morgan fingerprint density at radius 2 is 2.05 bits per heavy atom. The van der Waals surface area contributed by atoms with Crippen LogP contribution in [0, 0.1) is 6.92 Å². The lowest BCUT2D eigenvalue weighted by Crippen LogP contribution is -2.02. The van der Waals surface area contributed by atoms with Crippen molar-refractivity contribution in [2.24, 2.45) is 0 Å². The number of nitrogen functional groups attached to an aromatic ring is 1. The molecule has 0 bridgehead atoms. The molecule has 1 aliphatic carbocycles. The molecule has 0 aliphatic heterocycles. The van der Waals surface area contributed by atoms with Gasteiger partial charge >= 0.3 is 0 Å². The van der Waals surface area contributed by atoms with Crippen molar-refractivity contribution in [2.45, 2.75) is 32.6 Å². The fraction of sp³-hybridized carbons (Fsp3) is 0.312. The van der Waals surface area contributed by atoms with Crippen molar-refractivity contribution in [3.05, 3.63) is 34.3 Å². The molecule has 3 aromatic heterocycles. The van der Waals surface area contributed by atoms with Crippen LogP contribution >= 0.6 is 11.3 Å². The van der Waals surface area contributed by atoms with E-state index in [1.165, 1.54) is 23.3 Å². The van der Waals surface area contributed by atoms with E-state index in [2.05, 4.69) is 9.97 Å². The molecule has 2 N–H and O–H groups in total. The van der Waals surface area contributed by atoms with Gasteiger partial charge in [0.2, 0.25) is 0 Å². The quantitative estimate of drug-likeness (QED) is 0.746. The van der Waals surface area contributed by atoms with Crippen LogP contribution in [0.5, 0.6) is 0 Å². The van der Waals surface area contributed by atoms with Gasteiger partial charge in [-0.25, -0.2) is 9.97 Å². The molecule has 3 heterocycles. The van der Waals surface area contributed by atoms with Crippen LogP contribution < -0.4 is 5.73 Å². The summed E-state index contributed by atoms with van der Waals surface area (Å²) in [6.45, 7) is 2.04. The lowest BCUT2D eigenvalue weighted by atomic mass is 9.97. The first kappa shape index (κ1) is 12.7. The number of anilines is 1. The van der Waals surface area contributed by atoms with E-state index in [1.807, 2.05) is 19.1 Å². The molecule has 21 heavy (non-hydrogen) atoms. The molecule has 0 atom stereocenters. The van der Waals surface area contributed by atoms with Crippen molar-refractivity contribution in [3.8, 4) is 11.5 Å². The molecule has 0 radical (unpaired) electrons. The Balaban J connectivity index is 1.93. The van der Waals surface area contributed by atoms with Gasteiger partial charge in [-0.2, -0.15) is 0 Å². The molecule has 0 saturated heterocycles. The minimum absolute atomic E-state index is 0.595.